The molecule has 0 aliphatic heterocycles. The van der Waals surface area contributed by atoms with Crippen molar-refractivity contribution in [1.29, 1.82) is 0 Å². The Morgan fingerprint density at radius 2 is 2.07 bits per heavy atom. The summed E-state index contributed by atoms with van der Waals surface area (Å²) >= 11 is 1.44. The van der Waals surface area contributed by atoms with Gasteiger partial charge in [0.2, 0.25) is 5.91 Å². The average molecular weight is 316 g/mol. The van der Waals surface area contributed by atoms with Gasteiger partial charge in [0.1, 0.15) is 3.70 Å². The molecule has 0 radical (unpaired) electrons. The van der Waals surface area contributed by atoms with Crippen LogP contribution < -0.4 is 5.73 Å². The lowest BCUT2D eigenvalue weighted by molar-refractivity contribution is -0.138. The lowest BCUT2D eigenvalue weighted by Crippen LogP contribution is -2.15. The summed E-state index contributed by atoms with van der Waals surface area (Å²) in [4.78, 5) is 14.0. The summed E-state index contributed by atoms with van der Waals surface area (Å²) in [7, 11) is 0. The van der Waals surface area contributed by atoms with Crippen LogP contribution in [0.1, 0.15) is 15.9 Å². The van der Waals surface area contributed by atoms with E-state index in [9.17, 15) is 18.0 Å². The van der Waals surface area contributed by atoms with Gasteiger partial charge in [0.25, 0.3) is 0 Å². The van der Waals surface area contributed by atoms with Gasteiger partial charge in [-0.2, -0.15) is 13.2 Å². The number of nitrogens with zero attached hydrogens (tertiary/aromatic N) is 1. The van der Waals surface area contributed by atoms with Crippen molar-refractivity contribution in [1.82, 2.24) is 4.98 Å². The molecule has 0 unspecified atom stereocenters. The van der Waals surface area contributed by atoms with Crippen molar-refractivity contribution in [3.63, 3.8) is 0 Å². The first-order chi connectivity index (χ1) is 6.32. The quantitative estimate of drug-likeness (QED) is 0.634. The Morgan fingerprint density at radius 1 is 1.50 bits per heavy atom. The third-order valence-electron chi connectivity index (χ3n) is 1.43. The number of carbonyl (C=O) groups is 1. The van der Waals surface area contributed by atoms with Crippen molar-refractivity contribution < 1.29 is 18.0 Å². The molecule has 76 valence electrons. The van der Waals surface area contributed by atoms with Crippen LogP contribution in [0.5, 0.6) is 0 Å². The van der Waals surface area contributed by atoms with Crippen LogP contribution in [0.25, 0.3) is 0 Å². The molecule has 0 spiro atoms. The molecule has 0 bridgehead atoms. The van der Waals surface area contributed by atoms with E-state index in [1.807, 2.05) is 0 Å². The zero-order valence-electron chi connectivity index (χ0n) is 6.60. The van der Waals surface area contributed by atoms with Gasteiger partial charge in [0, 0.05) is 6.20 Å². The molecule has 1 aromatic rings. The lowest BCUT2D eigenvalue weighted by atomic mass is 10.2. The summed E-state index contributed by atoms with van der Waals surface area (Å²) in [5.41, 5.74) is 3.63. The van der Waals surface area contributed by atoms with E-state index in [0.717, 1.165) is 6.20 Å². The Labute approximate surface area is 90.6 Å². The molecule has 1 aromatic heterocycles. The molecule has 0 aromatic carbocycles. The smallest absolute Gasteiger partial charge is 0.366 e. The number of carbonyl (C=O) groups excluding carboxylic acids is 1. The molecular formula is C7H4F3IN2O. The van der Waals surface area contributed by atoms with Gasteiger partial charge in [-0.1, -0.05) is 0 Å². The van der Waals surface area contributed by atoms with Gasteiger partial charge in [0.15, 0.2) is 0 Å². The SMILES string of the molecule is NC(=O)c1cnc(I)c(C(F)(F)F)c1. The molecule has 2 N–H and O–H groups in total. The van der Waals surface area contributed by atoms with Crippen LogP contribution in [-0.4, -0.2) is 10.9 Å². The Bertz CT molecular complexity index is 378. The van der Waals surface area contributed by atoms with Crippen LogP contribution in [0.2, 0.25) is 0 Å². The Balaban J connectivity index is 3.29. The summed E-state index contributed by atoms with van der Waals surface area (Å²) < 4.78 is 36.7. The summed E-state index contributed by atoms with van der Waals surface area (Å²) in [5, 5.41) is 0. The fourth-order valence-electron chi connectivity index (χ4n) is 0.782. The number of hydrogen-bond acceptors (Lipinski definition) is 2. The number of halogens is 4. The monoisotopic (exact) mass is 316 g/mol. The first-order valence-corrected chi connectivity index (χ1v) is 4.43. The topological polar surface area (TPSA) is 56.0 Å². The minimum Gasteiger partial charge on any atom is -0.366 e. The van der Waals surface area contributed by atoms with Crippen molar-refractivity contribution in [3.8, 4) is 0 Å². The Kier molecular flexibility index (Phi) is 2.98. The molecule has 1 rings (SSSR count). The van der Waals surface area contributed by atoms with E-state index in [4.69, 9.17) is 5.73 Å². The molecule has 0 aliphatic carbocycles. The van der Waals surface area contributed by atoms with Gasteiger partial charge < -0.3 is 5.73 Å². The van der Waals surface area contributed by atoms with Crippen LogP contribution in [0, 0.1) is 3.70 Å². The molecule has 0 aliphatic rings. The molecular weight excluding hydrogens is 312 g/mol. The van der Waals surface area contributed by atoms with E-state index in [1.165, 1.54) is 22.6 Å². The lowest BCUT2D eigenvalue weighted by Gasteiger charge is -2.08. The van der Waals surface area contributed by atoms with Gasteiger partial charge in [-0.15, -0.1) is 0 Å². The molecule has 0 saturated carbocycles. The highest BCUT2D eigenvalue weighted by atomic mass is 127. The highest BCUT2D eigenvalue weighted by Gasteiger charge is 2.34. The van der Waals surface area contributed by atoms with E-state index in [0.29, 0.717) is 6.07 Å². The summed E-state index contributed by atoms with van der Waals surface area (Å²) in [5.74, 6) is -0.931. The Morgan fingerprint density at radius 3 is 2.50 bits per heavy atom. The van der Waals surface area contributed by atoms with Crippen molar-refractivity contribution in [2.24, 2.45) is 5.73 Å². The minimum absolute atomic E-state index is 0.208. The van der Waals surface area contributed by atoms with Crippen molar-refractivity contribution in [3.05, 3.63) is 27.1 Å². The third kappa shape index (κ3) is 2.34. The summed E-state index contributed by atoms with van der Waals surface area (Å²) in [6.07, 6.45) is -3.51. The summed E-state index contributed by atoms with van der Waals surface area (Å²) in [6, 6.07) is 0.692. The zero-order valence-corrected chi connectivity index (χ0v) is 8.76. The molecule has 7 heteroatoms. The highest BCUT2D eigenvalue weighted by molar-refractivity contribution is 14.1. The van der Waals surface area contributed by atoms with Crippen molar-refractivity contribution >= 4 is 28.5 Å². The predicted molar refractivity (Wildman–Crippen MR) is 50.5 cm³/mol. The molecule has 1 amide bonds. The fraction of sp³-hybridized carbons (Fsp3) is 0.143. The number of alkyl halides is 3. The molecule has 3 nitrogen and oxygen atoms in total. The van der Waals surface area contributed by atoms with Crippen LogP contribution in [0.15, 0.2) is 12.3 Å². The molecule has 0 fully saturated rings. The first-order valence-electron chi connectivity index (χ1n) is 3.35. The van der Waals surface area contributed by atoms with E-state index in [1.54, 1.807) is 0 Å². The van der Waals surface area contributed by atoms with E-state index in [2.05, 4.69) is 4.98 Å². The normalized spacial score (nSPS) is 11.4. The van der Waals surface area contributed by atoms with Gasteiger partial charge in [0.05, 0.1) is 11.1 Å². The van der Waals surface area contributed by atoms with E-state index < -0.39 is 17.6 Å². The minimum atomic E-state index is -4.52. The molecule has 0 atom stereocenters. The maximum absolute atomic E-state index is 12.3. The largest absolute Gasteiger partial charge is 0.418 e. The Hall–Kier alpha value is -0.860. The summed E-state index contributed by atoms with van der Waals surface area (Å²) in [6.45, 7) is 0. The maximum Gasteiger partial charge on any atom is 0.418 e. The number of nitrogens with two attached hydrogens (primary N) is 1. The van der Waals surface area contributed by atoms with Gasteiger partial charge in [-0.3, -0.25) is 4.79 Å². The number of hydrogen-bond donors (Lipinski definition) is 1. The third-order valence-corrected chi connectivity index (χ3v) is 2.29. The number of pyridine rings is 1. The van der Waals surface area contributed by atoms with E-state index in [-0.39, 0.29) is 9.26 Å². The second-order valence-corrected chi connectivity index (χ2v) is 3.45. The second-order valence-electron chi connectivity index (χ2n) is 2.42. The number of rotatable bonds is 1. The van der Waals surface area contributed by atoms with Gasteiger partial charge in [-0.05, 0) is 28.7 Å². The number of aromatic nitrogens is 1. The van der Waals surface area contributed by atoms with Gasteiger partial charge >= 0.3 is 6.18 Å². The van der Waals surface area contributed by atoms with Crippen molar-refractivity contribution in [2.45, 2.75) is 6.18 Å². The van der Waals surface area contributed by atoms with Gasteiger partial charge in [-0.25, -0.2) is 4.98 Å². The second kappa shape index (κ2) is 3.71. The van der Waals surface area contributed by atoms with Crippen LogP contribution in [0.4, 0.5) is 13.2 Å². The van der Waals surface area contributed by atoms with Crippen LogP contribution in [-0.2, 0) is 6.18 Å². The van der Waals surface area contributed by atoms with Crippen LogP contribution >= 0.6 is 22.6 Å². The zero-order chi connectivity index (χ0) is 10.9. The molecule has 1 heterocycles. The van der Waals surface area contributed by atoms with Crippen LogP contribution in [0.3, 0.4) is 0 Å². The highest BCUT2D eigenvalue weighted by Crippen LogP contribution is 2.32. The fourth-order valence-corrected chi connectivity index (χ4v) is 1.38. The van der Waals surface area contributed by atoms with E-state index >= 15 is 0 Å². The number of primary amides is 1. The molecule has 0 saturated heterocycles. The predicted octanol–water partition coefficient (Wildman–Crippen LogP) is 1.80. The number of amides is 1. The van der Waals surface area contributed by atoms with Crippen molar-refractivity contribution in [2.75, 3.05) is 0 Å². The average Bonchev–Trinajstić information content (AvgIpc) is 2.02. The molecule has 14 heavy (non-hydrogen) atoms. The maximum atomic E-state index is 12.3. The standard InChI is InChI=1S/C7H4F3IN2O/c8-7(9,10)4-1-3(6(12)14)2-13-5(4)11/h1-2H,(H2,12,14). The first kappa shape index (κ1) is 11.2.